The number of nitrogens with one attached hydrogen (secondary N) is 1. The van der Waals surface area contributed by atoms with Crippen molar-refractivity contribution in [3.63, 3.8) is 0 Å². The fourth-order valence-corrected chi connectivity index (χ4v) is 5.04. The summed E-state index contributed by atoms with van der Waals surface area (Å²) in [6, 6.07) is 5.76. The van der Waals surface area contributed by atoms with Gasteiger partial charge in [-0.3, -0.25) is 20.3 Å². The Hall–Kier alpha value is -2.09. The van der Waals surface area contributed by atoms with Crippen molar-refractivity contribution >= 4 is 34.9 Å². The molecule has 0 bridgehead atoms. The highest BCUT2D eigenvalue weighted by molar-refractivity contribution is 8.00. The van der Waals surface area contributed by atoms with Crippen LogP contribution in [0.1, 0.15) is 58.8 Å². The largest absolute Gasteiger partial charge is 0.437 e. The highest BCUT2D eigenvalue weighted by atomic mass is 32.2. The molecule has 158 valence electrons. The molecule has 2 saturated carbocycles. The van der Waals surface area contributed by atoms with Gasteiger partial charge in [0.1, 0.15) is 0 Å². The molecule has 0 heterocycles. The molecule has 0 spiro atoms. The zero-order valence-corrected chi connectivity index (χ0v) is 17.9. The van der Waals surface area contributed by atoms with Crippen LogP contribution in [-0.4, -0.2) is 27.2 Å². The van der Waals surface area contributed by atoms with Crippen LogP contribution in [0, 0.1) is 22.0 Å². The smallest absolute Gasteiger partial charge is 0.298 e. The Morgan fingerprint density at radius 3 is 2.76 bits per heavy atom. The molecule has 2 aliphatic rings. The Morgan fingerprint density at radius 2 is 2.14 bits per heavy atom. The molecule has 0 saturated heterocycles. The standard InChI is InChI=1S/C21H29N3O4S/c1-3-4-12-29-21(2,16-10-11-16)14-19(15-8-9-15)23-28-20(25)22-17-6-5-7-18(13-17)24(26)27/h5-7,13,15-16H,3-4,8-12,14H2,1-2H3,(H,22,25)/b23-19-. The molecule has 1 amide bonds. The van der Waals surface area contributed by atoms with Gasteiger partial charge in [-0.05, 0) is 56.8 Å². The van der Waals surface area contributed by atoms with Crippen molar-refractivity contribution in [2.75, 3.05) is 11.1 Å². The van der Waals surface area contributed by atoms with Gasteiger partial charge in [-0.25, -0.2) is 4.79 Å². The van der Waals surface area contributed by atoms with Crippen LogP contribution in [0.15, 0.2) is 29.4 Å². The van der Waals surface area contributed by atoms with E-state index in [2.05, 4.69) is 24.3 Å². The van der Waals surface area contributed by atoms with E-state index in [1.165, 1.54) is 43.9 Å². The first kappa shape index (κ1) is 21.6. The number of benzene rings is 1. The lowest BCUT2D eigenvalue weighted by molar-refractivity contribution is -0.384. The molecule has 1 aromatic carbocycles. The van der Waals surface area contributed by atoms with E-state index in [-0.39, 0.29) is 10.4 Å². The van der Waals surface area contributed by atoms with E-state index >= 15 is 0 Å². The van der Waals surface area contributed by atoms with Crippen LogP contribution < -0.4 is 5.32 Å². The van der Waals surface area contributed by atoms with Gasteiger partial charge >= 0.3 is 6.09 Å². The van der Waals surface area contributed by atoms with Gasteiger partial charge in [0.25, 0.3) is 5.69 Å². The van der Waals surface area contributed by atoms with Gasteiger partial charge in [-0.15, -0.1) is 0 Å². The quantitative estimate of drug-likeness (QED) is 0.156. The molecule has 1 aromatic rings. The van der Waals surface area contributed by atoms with Crippen molar-refractivity contribution in [2.24, 2.45) is 17.0 Å². The second kappa shape index (κ2) is 9.61. The number of rotatable bonds is 11. The van der Waals surface area contributed by atoms with Crippen LogP contribution >= 0.6 is 11.8 Å². The average molecular weight is 420 g/mol. The van der Waals surface area contributed by atoms with Crippen molar-refractivity contribution < 1.29 is 14.6 Å². The number of unbranched alkanes of at least 4 members (excludes halogenated alkanes) is 1. The molecule has 2 fully saturated rings. The molecule has 0 radical (unpaired) electrons. The first-order valence-corrected chi connectivity index (χ1v) is 11.3. The number of nitro groups is 1. The molecule has 1 unspecified atom stereocenters. The fraction of sp³-hybridized carbons (Fsp3) is 0.619. The number of non-ortho nitro benzene ring substituents is 1. The summed E-state index contributed by atoms with van der Waals surface area (Å²) in [5.41, 5.74) is 1.19. The number of oxime groups is 1. The minimum atomic E-state index is -0.726. The number of hydrogen-bond acceptors (Lipinski definition) is 6. The van der Waals surface area contributed by atoms with Crippen LogP contribution in [0.5, 0.6) is 0 Å². The second-order valence-corrected chi connectivity index (χ2v) is 9.76. The number of amides is 1. The summed E-state index contributed by atoms with van der Waals surface area (Å²) < 4.78 is 0.149. The van der Waals surface area contributed by atoms with Gasteiger partial charge in [0.2, 0.25) is 0 Å². The van der Waals surface area contributed by atoms with Gasteiger partial charge in [0.05, 0.1) is 16.3 Å². The Labute approximate surface area is 175 Å². The third-order valence-electron chi connectivity index (χ3n) is 5.50. The van der Waals surface area contributed by atoms with E-state index in [0.717, 1.165) is 30.7 Å². The molecule has 1 N–H and O–H groups in total. The van der Waals surface area contributed by atoms with Crippen LogP contribution in [0.4, 0.5) is 16.2 Å². The van der Waals surface area contributed by atoms with Crippen molar-refractivity contribution in [1.82, 2.24) is 0 Å². The summed E-state index contributed by atoms with van der Waals surface area (Å²) in [5, 5.41) is 17.6. The maximum Gasteiger partial charge on any atom is 0.437 e. The summed E-state index contributed by atoms with van der Waals surface area (Å²) in [7, 11) is 0. The Balaban J connectivity index is 1.61. The lowest BCUT2D eigenvalue weighted by Crippen LogP contribution is -2.29. The van der Waals surface area contributed by atoms with E-state index < -0.39 is 11.0 Å². The van der Waals surface area contributed by atoms with E-state index in [1.807, 2.05) is 11.8 Å². The highest BCUT2D eigenvalue weighted by Crippen LogP contribution is 2.51. The van der Waals surface area contributed by atoms with Crippen molar-refractivity contribution in [3.05, 3.63) is 34.4 Å². The predicted octanol–water partition coefficient (Wildman–Crippen LogP) is 6.00. The lowest BCUT2D eigenvalue weighted by Gasteiger charge is -2.29. The first-order chi connectivity index (χ1) is 13.9. The van der Waals surface area contributed by atoms with Crippen LogP contribution in [0.25, 0.3) is 0 Å². The topological polar surface area (TPSA) is 93.8 Å². The number of thioether (sulfide) groups is 1. The SMILES string of the molecule is CCCCSC(C)(C/C(=N/OC(=O)Nc1cccc([N+](=O)[O-])c1)C1CC1)C1CC1. The third kappa shape index (κ3) is 6.45. The normalized spacial score (nSPS) is 18.8. The molecule has 29 heavy (non-hydrogen) atoms. The maximum absolute atomic E-state index is 12.1. The fourth-order valence-electron chi connectivity index (χ4n) is 3.42. The Kier molecular flexibility index (Phi) is 7.16. The monoisotopic (exact) mass is 419 g/mol. The highest BCUT2D eigenvalue weighted by Gasteiger charge is 2.44. The molecular formula is C21H29N3O4S. The second-order valence-electron chi connectivity index (χ2n) is 8.13. The molecule has 3 rings (SSSR count). The average Bonchev–Trinajstić information content (AvgIpc) is 3.57. The summed E-state index contributed by atoms with van der Waals surface area (Å²) >= 11 is 2.03. The summed E-state index contributed by atoms with van der Waals surface area (Å²) in [6.07, 6.45) is 7.24. The van der Waals surface area contributed by atoms with E-state index in [0.29, 0.717) is 17.5 Å². The minimum absolute atomic E-state index is 0.0886. The van der Waals surface area contributed by atoms with Crippen molar-refractivity contribution in [2.45, 2.75) is 63.5 Å². The number of hydrogen-bond donors (Lipinski definition) is 1. The Bertz CT molecular complexity index is 777. The minimum Gasteiger partial charge on any atom is -0.298 e. The lowest BCUT2D eigenvalue weighted by atomic mass is 9.96. The molecule has 1 atom stereocenters. The van der Waals surface area contributed by atoms with E-state index in [9.17, 15) is 14.9 Å². The van der Waals surface area contributed by atoms with Crippen LogP contribution in [-0.2, 0) is 4.84 Å². The molecular weight excluding hydrogens is 390 g/mol. The van der Waals surface area contributed by atoms with Crippen molar-refractivity contribution in [1.29, 1.82) is 0 Å². The van der Waals surface area contributed by atoms with Crippen LogP contribution in [0.2, 0.25) is 0 Å². The molecule has 8 heteroatoms. The van der Waals surface area contributed by atoms with Gasteiger partial charge in [-0.1, -0.05) is 24.6 Å². The van der Waals surface area contributed by atoms with Crippen LogP contribution in [0.3, 0.4) is 0 Å². The van der Waals surface area contributed by atoms with Gasteiger partial charge in [-0.2, -0.15) is 11.8 Å². The number of nitro benzene ring substituents is 1. The zero-order chi connectivity index (χ0) is 20.9. The van der Waals surface area contributed by atoms with Gasteiger partial charge < -0.3 is 0 Å². The Morgan fingerprint density at radius 1 is 1.38 bits per heavy atom. The molecule has 7 nitrogen and oxygen atoms in total. The number of carbonyl (C=O) groups is 1. The number of nitrogens with zero attached hydrogens (tertiary/aromatic N) is 2. The number of anilines is 1. The van der Waals surface area contributed by atoms with Crippen molar-refractivity contribution in [3.8, 4) is 0 Å². The third-order valence-corrected chi connectivity index (χ3v) is 7.13. The van der Waals surface area contributed by atoms with E-state index in [1.54, 1.807) is 6.07 Å². The van der Waals surface area contributed by atoms with Gasteiger partial charge in [0, 0.05) is 29.2 Å². The zero-order valence-electron chi connectivity index (χ0n) is 17.1. The first-order valence-electron chi connectivity index (χ1n) is 10.3. The number of carbonyl (C=O) groups excluding carboxylic acids is 1. The van der Waals surface area contributed by atoms with Gasteiger partial charge in [0.15, 0.2) is 0 Å². The summed E-state index contributed by atoms with van der Waals surface area (Å²) in [5.74, 6) is 2.27. The summed E-state index contributed by atoms with van der Waals surface area (Å²) in [6.45, 7) is 4.53. The maximum atomic E-state index is 12.1. The summed E-state index contributed by atoms with van der Waals surface area (Å²) in [4.78, 5) is 27.6. The molecule has 0 aromatic heterocycles. The molecule has 2 aliphatic carbocycles. The predicted molar refractivity (Wildman–Crippen MR) is 116 cm³/mol. The van der Waals surface area contributed by atoms with E-state index in [4.69, 9.17) is 4.84 Å². The molecule has 0 aliphatic heterocycles.